The Morgan fingerprint density at radius 2 is 0.931 bits per heavy atom. The third-order valence-electron chi connectivity index (χ3n) is 6.03. The first-order valence-electron chi connectivity index (χ1n) is 13.0. The van der Waals surface area contributed by atoms with Crippen molar-refractivity contribution in [3.05, 3.63) is 0 Å². The third kappa shape index (κ3) is 22.1. The molecule has 1 atom stereocenters. The van der Waals surface area contributed by atoms with Gasteiger partial charge in [0.1, 0.15) is 6.10 Å². The summed E-state index contributed by atoms with van der Waals surface area (Å²) in [5, 5.41) is 18.5. The maximum absolute atomic E-state index is 11.6. The Labute approximate surface area is 182 Å². The minimum absolute atomic E-state index is 0.0255. The van der Waals surface area contributed by atoms with Gasteiger partial charge in [0.15, 0.2) is 5.78 Å². The first-order valence-corrected chi connectivity index (χ1v) is 13.0. The van der Waals surface area contributed by atoms with E-state index in [1.165, 1.54) is 109 Å². The molecule has 0 saturated heterocycles. The highest BCUT2D eigenvalue weighted by atomic mass is 16.3. The van der Waals surface area contributed by atoms with E-state index < -0.39 is 6.10 Å². The van der Waals surface area contributed by atoms with E-state index in [0.29, 0.717) is 19.3 Å². The van der Waals surface area contributed by atoms with Crippen molar-refractivity contribution in [2.75, 3.05) is 6.61 Å². The van der Waals surface area contributed by atoms with Gasteiger partial charge in [-0.2, -0.15) is 0 Å². The van der Waals surface area contributed by atoms with Gasteiger partial charge in [0, 0.05) is 13.0 Å². The smallest absolute Gasteiger partial charge is 0.161 e. The van der Waals surface area contributed by atoms with Crippen molar-refractivity contribution in [2.45, 2.75) is 154 Å². The van der Waals surface area contributed by atoms with Crippen molar-refractivity contribution < 1.29 is 15.0 Å². The molecule has 0 aliphatic rings. The summed E-state index contributed by atoms with van der Waals surface area (Å²) in [6, 6.07) is 0. The Bertz CT molecular complexity index is 330. The monoisotopic (exact) mass is 412 g/mol. The van der Waals surface area contributed by atoms with Crippen molar-refractivity contribution in [1.29, 1.82) is 0 Å². The number of Topliss-reactive ketones (excluding diaryl/α,β-unsaturated/α-hetero) is 1. The molecule has 0 aliphatic heterocycles. The van der Waals surface area contributed by atoms with Gasteiger partial charge in [-0.25, -0.2) is 0 Å². The topological polar surface area (TPSA) is 57.5 Å². The summed E-state index contributed by atoms with van der Waals surface area (Å²) >= 11 is 0. The van der Waals surface area contributed by atoms with Gasteiger partial charge < -0.3 is 10.2 Å². The average Bonchev–Trinajstić information content (AvgIpc) is 2.73. The van der Waals surface area contributed by atoms with Gasteiger partial charge in [-0.05, 0) is 12.8 Å². The van der Waals surface area contributed by atoms with E-state index in [1.807, 2.05) is 0 Å². The maximum Gasteiger partial charge on any atom is 0.161 e. The van der Waals surface area contributed by atoms with Gasteiger partial charge in [0.2, 0.25) is 0 Å². The van der Waals surface area contributed by atoms with Crippen LogP contribution in [0.1, 0.15) is 148 Å². The molecule has 0 aromatic carbocycles. The highest BCUT2D eigenvalue weighted by Gasteiger charge is 2.13. The Kier molecular flexibility index (Phi) is 23.5. The Morgan fingerprint density at radius 1 is 0.586 bits per heavy atom. The molecule has 0 amide bonds. The molecule has 1 unspecified atom stereocenters. The normalized spacial score (nSPS) is 12.4. The Hall–Kier alpha value is -0.410. The molecule has 0 aromatic heterocycles. The molecule has 0 rings (SSSR count). The summed E-state index contributed by atoms with van der Waals surface area (Å²) in [5.41, 5.74) is 0. The van der Waals surface area contributed by atoms with Crippen LogP contribution in [-0.4, -0.2) is 28.7 Å². The van der Waals surface area contributed by atoms with E-state index in [9.17, 15) is 9.90 Å². The standard InChI is InChI=1S/C26H52O3/c1-2-3-4-5-6-7-8-9-10-11-12-13-14-15-16-17-18-19-20-22-25(28)26(29)23-21-24-27/h25,27-28H,2-24H2,1H3. The molecule has 29 heavy (non-hydrogen) atoms. The second-order valence-corrected chi connectivity index (χ2v) is 8.96. The van der Waals surface area contributed by atoms with Crippen LogP contribution in [0.4, 0.5) is 0 Å². The molecule has 3 heteroatoms. The lowest BCUT2D eigenvalue weighted by molar-refractivity contribution is -0.127. The fourth-order valence-corrected chi connectivity index (χ4v) is 4.00. The summed E-state index contributed by atoms with van der Waals surface area (Å²) in [4.78, 5) is 11.6. The molecule has 0 aliphatic carbocycles. The fraction of sp³-hybridized carbons (Fsp3) is 0.962. The van der Waals surface area contributed by atoms with Crippen LogP contribution in [0.3, 0.4) is 0 Å². The molecule has 0 heterocycles. The first kappa shape index (κ1) is 28.6. The van der Waals surface area contributed by atoms with Crippen LogP contribution in [0, 0.1) is 0 Å². The highest BCUT2D eigenvalue weighted by molar-refractivity contribution is 5.82. The van der Waals surface area contributed by atoms with Gasteiger partial charge >= 0.3 is 0 Å². The molecule has 3 nitrogen and oxygen atoms in total. The summed E-state index contributed by atoms with van der Waals surface area (Å²) < 4.78 is 0. The summed E-state index contributed by atoms with van der Waals surface area (Å²) in [6.45, 7) is 2.31. The van der Waals surface area contributed by atoms with E-state index in [4.69, 9.17) is 5.11 Å². The lowest BCUT2D eigenvalue weighted by Crippen LogP contribution is -2.20. The zero-order valence-electron chi connectivity index (χ0n) is 19.6. The number of ketones is 1. The number of unbranched alkanes of at least 4 members (excludes halogenated alkanes) is 18. The second-order valence-electron chi connectivity index (χ2n) is 8.96. The van der Waals surface area contributed by atoms with Crippen LogP contribution in [0.2, 0.25) is 0 Å². The van der Waals surface area contributed by atoms with Crippen molar-refractivity contribution in [3.63, 3.8) is 0 Å². The SMILES string of the molecule is CCCCCCCCCCCCCCCCCCCCCC(O)C(=O)CCCO. The van der Waals surface area contributed by atoms with E-state index in [2.05, 4.69) is 6.92 Å². The van der Waals surface area contributed by atoms with E-state index >= 15 is 0 Å². The minimum Gasteiger partial charge on any atom is -0.396 e. The lowest BCUT2D eigenvalue weighted by Gasteiger charge is -2.09. The molecule has 0 radical (unpaired) electrons. The van der Waals surface area contributed by atoms with Crippen LogP contribution in [0.5, 0.6) is 0 Å². The minimum atomic E-state index is -0.813. The van der Waals surface area contributed by atoms with Gasteiger partial charge in [0.25, 0.3) is 0 Å². The summed E-state index contributed by atoms with van der Waals surface area (Å²) in [6.07, 6.45) is 26.3. The van der Waals surface area contributed by atoms with Crippen molar-refractivity contribution in [1.82, 2.24) is 0 Å². The Morgan fingerprint density at radius 3 is 1.28 bits per heavy atom. The van der Waals surface area contributed by atoms with Crippen molar-refractivity contribution in [3.8, 4) is 0 Å². The molecular weight excluding hydrogens is 360 g/mol. The van der Waals surface area contributed by atoms with Crippen LogP contribution in [0.15, 0.2) is 0 Å². The fourth-order valence-electron chi connectivity index (χ4n) is 4.00. The molecule has 0 spiro atoms. The number of carbonyl (C=O) groups is 1. The maximum atomic E-state index is 11.6. The summed E-state index contributed by atoms with van der Waals surface area (Å²) in [5.74, 6) is -0.110. The molecule has 0 saturated carbocycles. The number of rotatable bonds is 24. The van der Waals surface area contributed by atoms with E-state index in [0.717, 1.165) is 12.8 Å². The Balaban J connectivity index is 3.14. The molecular formula is C26H52O3. The van der Waals surface area contributed by atoms with Crippen LogP contribution in [0.25, 0.3) is 0 Å². The van der Waals surface area contributed by atoms with Crippen LogP contribution in [-0.2, 0) is 4.79 Å². The van der Waals surface area contributed by atoms with Gasteiger partial charge in [-0.1, -0.05) is 129 Å². The second kappa shape index (κ2) is 23.9. The first-order chi connectivity index (χ1) is 14.2. The summed E-state index contributed by atoms with van der Waals surface area (Å²) in [7, 11) is 0. The van der Waals surface area contributed by atoms with Crippen molar-refractivity contribution in [2.24, 2.45) is 0 Å². The van der Waals surface area contributed by atoms with Crippen LogP contribution < -0.4 is 0 Å². The number of aliphatic hydroxyl groups is 2. The zero-order chi connectivity index (χ0) is 21.4. The zero-order valence-corrected chi connectivity index (χ0v) is 19.6. The number of hydrogen-bond donors (Lipinski definition) is 2. The molecule has 0 aromatic rings. The number of carbonyl (C=O) groups excluding carboxylic acids is 1. The van der Waals surface area contributed by atoms with Crippen LogP contribution >= 0.6 is 0 Å². The number of hydrogen-bond acceptors (Lipinski definition) is 3. The largest absolute Gasteiger partial charge is 0.396 e. The predicted molar refractivity (Wildman–Crippen MR) is 125 cm³/mol. The molecule has 0 bridgehead atoms. The van der Waals surface area contributed by atoms with E-state index in [-0.39, 0.29) is 12.4 Å². The van der Waals surface area contributed by atoms with E-state index in [1.54, 1.807) is 0 Å². The predicted octanol–water partition coefficient (Wildman–Crippen LogP) is 7.51. The molecule has 174 valence electrons. The molecule has 0 fully saturated rings. The third-order valence-corrected chi connectivity index (χ3v) is 6.03. The van der Waals surface area contributed by atoms with Crippen molar-refractivity contribution >= 4 is 5.78 Å². The highest BCUT2D eigenvalue weighted by Crippen LogP contribution is 2.15. The van der Waals surface area contributed by atoms with Gasteiger partial charge in [-0.3, -0.25) is 4.79 Å². The lowest BCUT2D eigenvalue weighted by atomic mass is 10.0. The average molecular weight is 413 g/mol. The van der Waals surface area contributed by atoms with Gasteiger partial charge in [0.05, 0.1) is 0 Å². The molecule has 2 N–H and O–H groups in total. The quantitative estimate of drug-likeness (QED) is 0.161. The number of aliphatic hydroxyl groups excluding tert-OH is 2. The van der Waals surface area contributed by atoms with Gasteiger partial charge in [-0.15, -0.1) is 0 Å².